The monoisotopic (exact) mass is 198 g/mol. The molecule has 1 rings (SSSR count). The maximum atomic E-state index is 5.99. The van der Waals surface area contributed by atoms with Crippen LogP contribution in [0.1, 0.15) is 41.0 Å². The van der Waals surface area contributed by atoms with E-state index in [0.717, 1.165) is 6.54 Å². The molecule has 2 heteroatoms. The molecular weight excluding hydrogens is 172 g/mol. The predicted octanol–water partition coefficient (Wildman–Crippen LogP) is 2.09. The van der Waals surface area contributed by atoms with E-state index in [4.69, 9.17) is 5.73 Å². The lowest BCUT2D eigenvalue weighted by Crippen LogP contribution is -2.43. The molecule has 84 valence electrons. The molecule has 0 aliphatic carbocycles. The molecule has 0 radical (unpaired) electrons. The van der Waals surface area contributed by atoms with Gasteiger partial charge in [-0.2, -0.15) is 0 Å². The van der Waals surface area contributed by atoms with Crippen molar-refractivity contribution in [2.75, 3.05) is 19.6 Å². The lowest BCUT2D eigenvalue weighted by molar-refractivity contribution is 0.171. The topological polar surface area (TPSA) is 29.3 Å². The third-order valence-electron chi connectivity index (χ3n) is 3.62. The second-order valence-corrected chi connectivity index (χ2v) is 6.40. The van der Waals surface area contributed by atoms with Crippen LogP contribution in [0.3, 0.4) is 0 Å². The Morgan fingerprint density at radius 1 is 1.43 bits per heavy atom. The van der Waals surface area contributed by atoms with Crippen molar-refractivity contribution in [2.24, 2.45) is 16.6 Å². The van der Waals surface area contributed by atoms with Crippen LogP contribution in [-0.4, -0.2) is 30.6 Å². The van der Waals surface area contributed by atoms with Gasteiger partial charge >= 0.3 is 0 Å². The SMILES string of the molecule is CC(N)C(C)(C)CN1CCC(C)(C)C1. The molecule has 2 N–H and O–H groups in total. The van der Waals surface area contributed by atoms with E-state index in [1.165, 1.54) is 19.5 Å². The van der Waals surface area contributed by atoms with Crippen LogP contribution in [-0.2, 0) is 0 Å². The zero-order chi connectivity index (χ0) is 11.0. The van der Waals surface area contributed by atoms with E-state index >= 15 is 0 Å². The van der Waals surface area contributed by atoms with Crippen molar-refractivity contribution in [2.45, 2.75) is 47.1 Å². The van der Waals surface area contributed by atoms with E-state index in [1.54, 1.807) is 0 Å². The lowest BCUT2D eigenvalue weighted by atomic mass is 9.85. The Hall–Kier alpha value is -0.0800. The van der Waals surface area contributed by atoms with Gasteiger partial charge in [-0.15, -0.1) is 0 Å². The maximum absolute atomic E-state index is 5.99. The molecule has 0 spiro atoms. The molecule has 14 heavy (non-hydrogen) atoms. The molecule has 2 nitrogen and oxygen atoms in total. The Labute approximate surface area is 88.8 Å². The summed E-state index contributed by atoms with van der Waals surface area (Å²) in [6.07, 6.45) is 1.32. The van der Waals surface area contributed by atoms with Gasteiger partial charge in [-0.05, 0) is 30.7 Å². The summed E-state index contributed by atoms with van der Waals surface area (Å²) in [4.78, 5) is 2.56. The molecule has 0 amide bonds. The molecule has 1 saturated heterocycles. The van der Waals surface area contributed by atoms with Gasteiger partial charge < -0.3 is 10.6 Å². The van der Waals surface area contributed by atoms with Gasteiger partial charge in [0.1, 0.15) is 0 Å². The van der Waals surface area contributed by atoms with E-state index in [2.05, 4.69) is 39.5 Å². The van der Waals surface area contributed by atoms with Crippen molar-refractivity contribution in [1.29, 1.82) is 0 Å². The van der Waals surface area contributed by atoms with E-state index in [0.29, 0.717) is 5.41 Å². The molecule has 0 aromatic carbocycles. The molecule has 1 fully saturated rings. The Balaban J connectivity index is 2.47. The standard InChI is InChI=1S/C12H26N2/c1-10(13)12(4,5)9-14-7-6-11(2,3)8-14/h10H,6-9,13H2,1-5H3. The molecule has 1 heterocycles. The fraction of sp³-hybridized carbons (Fsp3) is 1.00. The summed E-state index contributed by atoms with van der Waals surface area (Å²) in [6, 6.07) is 0.270. The maximum Gasteiger partial charge on any atom is 0.00739 e. The van der Waals surface area contributed by atoms with Gasteiger partial charge in [-0.25, -0.2) is 0 Å². The minimum Gasteiger partial charge on any atom is -0.327 e. The highest BCUT2D eigenvalue weighted by molar-refractivity contribution is 4.88. The van der Waals surface area contributed by atoms with Gasteiger partial charge in [-0.1, -0.05) is 27.7 Å². The van der Waals surface area contributed by atoms with Crippen LogP contribution in [0, 0.1) is 10.8 Å². The molecule has 0 aromatic heterocycles. The number of nitrogens with zero attached hydrogens (tertiary/aromatic N) is 1. The zero-order valence-electron chi connectivity index (χ0n) is 10.4. The first-order valence-corrected chi connectivity index (χ1v) is 5.71. The minimum absolute atomic E-state index is 0.237. The van der Waals surface area contributed by atoms with Gasteiger partial charge in [0.2, 0.25) is 0 Å². The molecular formula is C12H26N2. The molecule has 1 unspecified atom stereocenters. The summed E-state index contributed by atoms with van der Waals surface area (Å²) < 4.78 is 0. The van der Waals surface area contributed by atoms with Crippen molar-refractivity contribution < 1.29 is 0 Å². The second kappa shape index (κ2) is 3.82. The Bertz CT molecular complexity index is 194. The van der Waals surface area contributed by atoms with Crippen molar-refractivity contribution in [1.82, 2.24) is 4.90 Å². The van der Waals surface area contributed by atoms with Crippen LogP contribution in [0.4, 0.5) is 0 Å². The van der Waals surface area contributed by atoms with Crippen LogP contribution < -0.4 is 5.73 Å². The van der Waals surface area contributed by atoms with Gasteiger partial charge in [0, 0.05) is 19.1 Å². The van der Waals surface area contributed by atoms with Crippen LogP contribution in [0.2, 0.25) is 0 Å². The summed E-state index contributed by atoms with van der Waals surface area (Å²) >= 11 is 0. The fourth-order valence-electron chi connectivity index (χ4n) is 2.08. The third kappa shape index (κ3) is 2.96. The molecule has 0 saturated carbocycles. The number of rotatable bonds is 3. The number of nitrogens with two attached hydrogens (primary N) is 1. The Kier molecular flexibility index (Phi) is 3.27. The normalized spacial score (nSPS) is 25.3. The molecule has 0 aromatic rings. The van der Waals surface area contributed by atoms with E-state index in [9.17, 15) is 0 Å². The highest BCUT2D eigenvalue weighted by Crippen LogP contribution is 2.31. The first-order valence-electron chi connectivity index (χ1n) is 5.71. The number of hydrogen-bond donors (Lipinski definition) is 1. The largest absolute Gasteiger partial charge is 0.327 e. The summed E-state index contributed by atoms with van der Waals surface area (Å²) in [5.74, 6) is 0. The highest BCUT2D eigenvalue weighted by atomic mass is 15.2. The van der Waals surface area contributed by atoms with Gasteiger partial charge in [-0.3, -0.25) is 0 Å². The van der Waals surface area contributed by atoms with Gasteiger partial charge in [0.15, 0.2) is 0 Å². The molecule has 1 aliphatic heterocycles. The molecule has 0 bridgehead atoms. The van der Waals surface area contributed by atoms with Crippen LogP contribution in [0.5, 0.6) is 0 Å². The number of likely N-dealkylation sites (tertiary alicyclic amines) is 1. The predicted molar refractivity (Wildman–Crippen MR) is 62.3 cm³/mol. The van der Waals surface area contributed by atoms with Gasteiger partial charge in [0.05, 0.1) is 0 Å². The summed E-state index contributed by atoms with van der Waals surface area (Å²) in [5.41, 5.74) is 6.73. The lowest BCUT2D eigenvalue weighted by Gasteiger charge is -2.34. The Morgan fingerprint density at radius 3 is 2.36 bits per heavy atom. The van der Waals surface area contributed by atoms with Crippen molar-refractivity contribution in [3.8, 4) is 0 Å². The van der Waals surface area contributed by atoms with Crippen LogP contribution in [0.15, 0.2) is 0 Å². The van der Waals surface area contributed by atoms with Gasteiger partial charge in [0.25, 0.3) is 0 Å². The van der Waals surface area contributed by atoms with Crippen molar-refractivity contribution in [3.63, 3.8) is 0 Å². The second-order valence-electron chi connectivity index (χ2n) is 6.40. The minimum atomic E-state index is 0.237. The quantitative estimate of drug-likeness (QED) is 0.752. The van der Waals surface area contributed by atoms with E-state index in [1.807, 2.05) is 0 Å². The van der Waals surface area contributed by atoms with E-state index < -0.39 is 0 Å². The average Bonchev–Trinajstić information content (AvgIpc) is 2.28. The first kappa shape index (κ1) is 12.0. The average molecular weight is 198 g/mol. The smallest absolute Gasteiger partial charge is 0.00739 e. The third-order valence-corrected chi connectivity index (χ3v) is 3.62. The summed E-state index contributed by atoms with van der Waals surface area (Å²) in [7, 11) is 0. The van der Waals surface area contributed by atoms with Crippen LogP contribution >= 0.6 is 0 Å². The summed E-state index contributed by atoms with van der Waals surface area (Å²) in [6.45, 7) is 14.9. The zero-order valence-corrected chi connectivity index (χ0v) is 10.4. The number of hydrogen-bond acceptors (Lipinski definition) is 2. The van der Waals surface area contributed by atoms with Crippen molar-refractivity contribution >= 4 is 0 Å². The molecule has 1 atom stereocenters. The Morgan fingerprint density at radius 2 is 2.00 bits per heavy atom. The van der Waals surface area contributed by atoms with Crippen LogP contribution in [0.25, 0.3) is 0 Å². The highest BCUT2D eigenvalue weighted by Gasteiger charge is 2.33. The van der Waals surface area contributed by atoms with Crippen molar-refractivity contribution in [3.05, 3.63) is 0 Å². The van der Waals surface area contributed by atoms with E-state index in [-0.39, 0.29) is 11.5 Å². The first-order chi connectivity index (χ1) is 6.23. The molecule has 1 aliphatic rings. The fourth-order valence-corrected chi connectivity index (χ4v) is 2.08. The summed E-state index contributed by atoms with van der Waals surface area (Å²) in [5, 5.41) is 0.